The molecule has 1 atom stereocenters. The number of hydrogen-bond donors (Lipinski definition) is 1. The minimum Gasteiger partial charge on any atom is -0.483 e. The normalized spacial score (nSPS) is 13.2. The first-order chi connectivity index (χ1) is 16.9. The van der Waals surface area contributed by atoms with E-state index in [1.807, 2.05) is 23.6 Å². The fourth-order valence-electron chi connectivity index (χ4n) is 3.91. The molecule has 0 bridgehead atoms. The molecule has 8 nitrogen and oxygen atoms in total. The lowest BCUT2D eigenvalue weighted by Gasteiger charge is -2.16. The van der Waals surface area contributed by atoms with Crippen LogP contribution in [0.1, 0.15) is 46.1 Å². The van der Waals surface area contributed by atoms with Crippen LogP contribution in [0.3, 0.4) is 0 Å². The maximum absolute atomic E-state index is 12.8. The van der Waals surface area contributed by atoms with Crippen molar-refractivity contribution in [2.24, 2.45) is 0 Å². The number of hydrogen-bond acceptors (Lipinski definition) is 8. The third-order valence-electron chi connectivity index (χ3n) is 5.43. The fourth-order valence-corrected chi connectivity index (χ4v) is 6.14. The summed E-state index contributed by atoms with van der Waals surface area (Å²) in [5, 5.41) is 13.1. The molecule has 11 heteroatoms. The second-order valence-corrected chi connectivity index (χ2v) is 10.3. The summed E-state index contributed by atoms with van der Waals surface area (Å²) in [6.45, 7) is 6.15. The molecule has 0 saturated carbocycles. The number of allylic oxidation sites excluding steroid dienone is 1. The minimum absolute atomic E-state index is 0.0992. The highest BCUT2D eigenvalue weighted by atomic mass is 35.5. The van der Waals surface area contributed by atoms with E-state index in [1.165, 1.54) is 30.2 Å². The molecular weight excluding hydrogens is 508 g/mol. The number of amides is 1. The summed E-state index contributed by atoms with van der Waals surface area (Å²) in [6.07, 6.45) is 4.08. The molecule has 1 aliphatic carbocycles. The zero-order valence-corrected chi connectivity index (χ0v) is 21.8. The Morgan fingerprint density at radius 1 is 1.37 bits per heavy atom. The molecule has 4 rings (SSSR count). The maximum atomic E-state index is 12.8. The molecule has 35 heavy (non-hydrogen) atoms. The van der Waals surface area contributed by atoms with Gasteiger partial charge in [0.05, 0.1) is 18.4 Å². The van der Waals surface area contributed by atoms with E-state index in [9.17, 15) is 9.59 Å². The lowest BCUT2D eigenvalue weighted by Crippen LogP contribution is -2.17. The van der Waals surface area contributed by atoms with Gasteiger partial charge in [-0.3, -0.25) is 9.36 Å². The number of carbonyl (C=O) groups excluding carboxylic acids is 2. The standard InChI is InChI=1S/C24H25ClN4O4S2/c1-4-11-29-21(14(2)33-16-8-5-7-15(25)12-16)27-28-24(29)34-13-19(30)26-22-20(23(31)32-3)17-9-6-10-18(17)35-22/h4-5,7-8,12,14H,1,6,9-11,13H2,2-3H3,(H,26,30). The zero-order chi connectivity index (χ0) is 24.9. The van der Waals surface area contributed by atoms with Gasteiger partial charge in [-0.15, -0.1) is 28.1 Å². The van der Waals surface area contributed by atoms with E-state index in [0.717, 1.165) is 29.7 Å². The summed E-state index contributed by atoms with van der Waals surface area (Å²) in [5.41, 5.74) is 1.47. The number of nitrogens with zero attached hydrogens (tertiary/aromatic N) is 3. The number of nitrogens with one attached hydrogen (secondary N) is 1. The number of aromatic nitrogens is 3. The van der Waals surface area contributed by atoms with E-state index in [4.69, 9.17) is 21.1 Å². The number of rotatable bonds is 10. The van der Waals surface area contributed by atoms with Crippen LogP contribution >= 0.6 is 34.7 Å². The van der Waals surface area contributed by atoms with Crippen LogP contribution in [0.4, 0.5) is 5.00 Å². The Balaban J connectivity index is 1.44. The molecule has 2 heterocycles. The Morgan fingerprint density at radius 3 is 2.94 bits per heavy atom. The van der Waals surface area contributed by atoms with Gasteiger partial charge in [-0.1, -0.05) is 35.5 Å². The van der Waals surface area contributed by atoms with Gasteiger partial charge in [0.1, 0.15) is 10.8 Å². The van der Waals surface area contributed by atoms with Crippen LogP contribution in [0.5, 0.6) is 5.75 Å². The molecule has 184 valence electrons. The predicted octanol–water partition coefficient (Wildman–Crippen LogP) is 5.33. The van der Waals surface area contributed by atoms with Crippen LogP contribution in [0.15, 0.2) is 42.1 Å². The van der Waals surface area contributed by atoms with Gasteiger partial charge < -0.3 is 14.8 Å². The average molecular weight is 533 g/mol. The third-order valence-corrected chi connectivity index (χ3v) is 7.83. The molecule has 1 aliphatic rings. The summed E-state index contributed by atoms with van der Waals surface area (Å²) in [4.78, 5) is 26.2. The lowest BCUT2D eigenvalue weighted by molar-refractivity contribution is -0.113. The molecule has 1 N–H and O–H groups in total. The average Bonchev–Trinajstić information content (AvgIpc) is 3.52. The van der Waals surface area contributed by atoms with Crippen molar-refractivity contribution in [2.75, 3.05) is 18.2 Å². The van der Waals surface area contributed by atoms with Crippen LogP contribution in [0, 0.1) is 0 Å². The molecule has 1 aromatic carbocycles. The van der Waals surface area contributed by atoms with E-state index in [0.29, 0.717) is 38.9 Å². The van der Waals surface area contributed by atoms with Gasteiger partial charge >= 0.3 is 5.97 Å². The van der Waals surface area contributed by atoms with Crippen LogP contribution in [-0.4, -0.2) is 39.5 Å². The molecule has 2 aromatic heterocycles. The van der Waals surface area contributed by atoms with Crippen molar-refractivity contribution in [1.82, 2.24) is 14.8 Å². The number of halogens is 1. The molecule has 0 aliphatic heterocycles. The van der Waals surface area contributed by atoms with Crippen LogP contribution in [-0.2, 0) is 28.9 Å². The van der Waals surface area contributed by atoms with Crippen molar-refractivity contribution in [3.8, 4) is 5.75 Å². The molecule has 0 fully saturated rings. The first-order valence-electron chi connectivity index (χ1n) is 11.0. The van der Waals surface area contributed by atoms with Crippen LogP contribution in [0.25, 0.3) is 0 Å². The van der Waals surface area contributed by atoms with Gasteiger partial charge in [0.25, 0.3) is 0 Å². The highest BCUT2D eigenvalue weighted by molar-refractivity contribution is 7.99. The second kappa shape index (κ2) is 11.3. The second-order valence-electron chi connectivity index (χ2n) is 7.85. The Labute approximate surface area is 216 Å². The first-order valence-corrected chi connectivity index (χ1v) is 13.2. The van der Waals surface area contributed by atoms with Gasteiger partial charge in [0.15, 0.2) is 17.1 Å². The number of methoxy groups -OCH3 is 1. The molecule has 0 radical (unpaired) electrons. The fraction of sp³-hybridized carbons (Fsp3) is 0.333. The molecule has 3 aromatic rings. The number of esters is 1. The number of anilines is 1. The number of fused-ring (bicyclic) bond motifs is 1. The van der Waals surface area contributed by atoms with Crippen molar-refractivity contribution in [3.63, 3.8) is 0 Å². The number of aryl methyl sites for hydroxylation is 1. The number of thioether (sulfide) groups is 1. The van der Waals surface area contributed by atoms with Crippen LogP contribution in [0.2, 0.25) is 5.02 Å². The summed E-state index contributed by atoms with van der Waals surface area (Å²) in [7, 11) is 1.35. The maximum Gasteiger partial charge on any atom is 0.341 e. The first kappa shape index (κ1) is 25.3. The van der Waals surface area contributed by atoms with Crippen molar-refractivity contribution in [1.29, 1.82) is 0 Å². The largest absolute Gasteiger partial charge is 0.483 e. The topological polar surface area (TPSA) is 95.3 Å². The van der Waals surface area contributed by atoms with Crippen molar-refractivity contribution < 1.29 is 19.1 Å². The summed E-state index contributed by atoms with van der Waals surface area (Å²) < 4.78 is 12.8. The summed E-state index contributed by atoms with van der Waals surface area (Å²) in [6, 6.07) is 7.14. The Hall–Kier alpha value is -2.82. The smallest absolute Gasteiger partial charge is 0.341 e. The Bertz CT molecular complexity index is 1260. The van der Waals surface area contributed by atoms with Gasteiger partial charge in [-0.25, -0.2) is 4.79 Å². The third kappa shape index (κ3) is 5.71. The molecule has 0 saturated heterocycles. The highest BCUT2D eigenvalue weighted by Crippen LogP contribution is 2.39. The monoisotopic (exact) mass is 532 g/mol. The van der Waals surface area contributed by atoms with E-state index in [-0.39, 0.29) is 11.7 Å². The Morgan fingerprint density at radius 2 is 2.20 bits per heavy atom. The number of benzene rings is 1. The van der Waals surface area contributed by atoms with E-state index in [1.54, 1.807) is 18.2 Å². The van der Waals surface area contributed by atoms with Gasteiger partial charge in [-0.05, 0) is 49.9 Å². The minimum atomic E-state index is -0.420. The number of carbonyl (C=O) groups is 2. The highest BCUT2D eigenvalue weighted by Gasteiger charge is 2.28. The van der Waals surface area contributed by atoms with Gasteiger partial charge in [-0.2, -0.15) is 0 Å². The molecule has 1 unspecified atom stereocenters. The van der Waals surface area contributed by atoms with Crippen molar-refractivity contribution in [3.05, 3.63) is 63.8 Å². The lowest BCUT2D eigenvalue weighted by atomic mass is 10.1. The van der Waals surface area contributed by atoms with Crippen molar-refractivity contribution >= 4 is 51.6 Å². The van der Waals surface area contributed by atoms with Crippen molar-refractivity contribution in [2.45, 2.75) is 44.0 Å². The molecule has 0 spiro atoms. The number of thiophene rings is 1. The van der Waals surface area contributed by atoms with Crippen LogP contribution < -0.4 is 10.1 Å². The zero-order valence-electron chi connectivity index (χ0n) is 19.4. The quantitative estimate of drug-likeness (QED) is 0.214. The van der Waals surface area contributed by atoms with E-state index < -0.39 is 12.1 Å². The SMILES string of the molecule is C=CCn1c(SCC(=O)Nc2sc3c(c2C(=O)OC)CCC3)nnc1C(C)Oc1cccc(Cl)c1. The van der Waals surface area contributed by atoms with Gasteiger partial charge in [0.2, 0.25) is 5.91 Å². The van der Waals surface area contributed by atoms with Gasteiger partial charge in [0, 0.05) is 16.4 Å². The predicted molar refractivity (Wildman–Crippen MR) is 138 cm³/mol. The van der Waals surface area contributed by atoms with E-state index >= 15 is 0 Å². The Kier molecular flexibility index (Phi) is 8.15. The molecular formula is C24H25ClN4O4S2. The summed E-state index contributed by atoms with van der Waals surface area (Å²) >= 11 is 8.75. The molecule has 1 amide bonds. The van der Waals surface area contributed by atoms with E-state index in [2.05, 4.69) is 22.1 Å². The number of ether oxygens (including phenoxy) is 2. The summed E-state index contributed by atoms with van der Waals surface area (Å²) in [5.74, 6) is 0.669.